The lowest BCUT2D eigenvalue weighted by Crippen LogP contribution is -2.34. The van der Waals surface area contributed by atoms with E-state index in [1.807, 2.05) is 0 Å². The lowest BCUT2D eigenvalue weighted by Gasteiger charge is -2.25. The average molecular weight is 942 g/mol. The van der Waals surface area contributed by atoms with Crippen LogP contribution in [0.5, 0.6) is 34.6 Å². The molecule has 0 radical (unpaired) electrons. The number of hydrogen-bond donors (Lipinski definition) is 2. The number of pyridine rings is 1. The van der Waals surface area contributed by atoms with Crippen molar-refractivity contribution >= 4 is 38.4 Å². The maximum Gasteiger partial charge on any atom is 0.341 e. The summed E-state index contributed by atoms with van der Waals surface area (Å²) in [6.07, 6.45) is 1.88. The van der Waals surface area contributed by atoms with Gasteiger partial charge in [0, 0.05) is 49.4 Å². The van der Waals surface area contributed by atoms with Crippen molar-refractivity contribution in [1.82, 2.24) is 14.3 Å². The number of H-pyrrole nitrogens is 1. The number of nitro groups is 1. The molecule has 0 bridgehead atoms. The summed E-state index contributed by atoms with van der Waals surface area (Å²) in [5.41, 5.74) is 1.28. The Morgan fingerprint density at radius 1 is 0.881 bits per heavy atom. The Labute approximate surface area is 385 Å². The minimum atomic E-state index is -4.46. The van der Waals surface area contributed by atoms with E-state index in [1.54, 1.807) is 66.9 Å². The molecule has 4 aromatic carbocycles. The molecule has 2 fully saturated rings. The minimum Gasteiger partial charge on any atom is -0.497 e. The molecule has 1 saturated carbocycles. The Hall–Kier alpha value is -7.00. The summed E-state index contributed by atoms with van der Waals surface area (Å²) >= 11 is 0. The number of rotatable bonds is 21. The molecule has 2 aromatic heterocycles. The van der Waals surface area contributed by atoms with Crippen molar-refractivity contribution in [2.75, 3.05) is 66.2 Å². The first-order valence-electron chi connectivity index (χ1n) is 21.2. The largest absolute Gasteiger partial charge is 0.497 e. The van der Waals surface area contributed by atoms with E-state index in [0.29, 0.717) is 53.3 Å². The molecule has 1 saturated heterocycles. The lowest BCUT2D eigenvalue weighted by atomic mass is 10.2. The maximum absolute atomic E-state index is 14.8. The van der Waals surface area contributed by atoms with E-state index < -0.39 is 38.5 Å². The highest BCUT2D eigenvalue weighted by Gasteiger charge is 2.40. The second kappa shape index (κ2) is 20.7. The van der Waals surface area contributed by atoms with Crippen LogP contribution >= 0.6 is 0 Å². The fourth-order valence-electron chi connectivity index (χ4n) is 7.48. The van der Waals surface area contributed by atoms with Crippen molar-refractivity contribution in [2.24, 2.45) is 11.8 Å². The van der Waals surface area contributed by atoms with Gasteiger partial charge in [-0.25, -0.2) is 17.6 Å². The van der Waals surface area contributed by atoms with E-state index in [1.165, 1.54) is 37.8 Å². The van der Waals surface area contributed by atoms with Gasteiger partial charge in [-0.3, -0.25) is 10.1 Å². The van der Waals surface area contributed by atoms with Crippen molar-refractivity contribution in [2.45, 2.75) is 30.5 Å². The number of ether oxygens (including phenoxy) is 8. The summed E-state index contributed by atoms with van der Waals surface area (Å²) in [6.45, 7) is 1.18. The van der Waals surface area contributed by atoms with Crippen LogP contribution in [0.25, 0.3) is 11.0 Å². The van der Waals surface area contributed by atoms with Crippen LogP contribution in [0.4, 0.5) is 15.8 Å². The van der Waals surface area contributed by atoms with Gasteiger partial charge in [-0.2, -0.15) is 9.29 Å². The monoisotopic (exact) mass is 941 g/mol. The first-order valence-corrected chi connectivity index (χ1v) is 22.7. The van der Waals surface area contributed by atoms with E-state index >= 15 is 0 Å². The highest BCUT2D eigenvalue weighted by molar-refractivity contribution is 7.89. The molecular formula is C47H48FN5O13S. The summed E-state index contributed by atoms with van der Waals surface area (Å²) in [7, 11) is -0.188. The molecule has 8 rings (SSSR count). The Bertz CT molecular complexity index is 2770. The molecule has 2 aliphatic rings. The van der Waals surface area contributed by atoms with Crippen molar-refractivity contribution in [3.63, 3.8) is 0 Å². The van der Waals surface area contributed by atoms with Crippen LogP contribution in [0, 0.1) is 27.8 Å². The Kier molecular flexibility index (Phi) is 14.4. The summed E-state index contributed by atoms with van der Waals surface area (Å²) in [6, 6.07) is 23.1. The maximum atomic E-state index is 14.8. The third-order valence-electron chi connectivity index (χ3n) is 11.3. The molecule has 0 spiro atoms. The number of nitro benzene ring substituents is 1. The zero-order chi connectivity index (χ0) is 47.1. The Morgan fingerprint density at radius 2 is 1.57 bits per heavy atom. The highest BCUT2D eigenvalue weighted by Crippen LogP contribution is 2.44. The molecule has 1 aliphatic heterocycles. The third-order valence-corrected chi connectivity index (χ3v) is 13.1. The molecular weight excluding hydrogens is 894 g/mol. The molecule has 18 nitrogen and oxygen atoms in total. The topological polar surface area (TPSA) is 212 Å². The number of esters is 1. The first kappa shape index (κ1) is 46.5. The standard InChI is InChI=1S/C47H48FN5O13S/c1-59-35-9-4-29(5-10-35)24-52(25-30-6-11-36(60-2)12-7-30)67(57,58)38-21-40(53(55)56)44(50-23-37-28-62-16-17-63-37)42(22-38)64-26-32-18-33(32)27-65-46-43(19-31-14-15-49-45(31)51-46)66-41-20-34(48)8-13-39(41)47(54)61-3/h4-15,19-22,32-33,37,50H,16-18,23-28H2,1-3H3,(H,49,51)/t32-,33-,37-/m0/s1. The number of sulfonamides is 1. The van der Waals surface area contributed by atoms with Gasteiger partial charge in [0.15, 0.2) is 17.2 Å². The summed E-state index contributed by atoms with van der Waals surface area (Å²) < 4.78 is 90.6. The summed E-state index contributed by atoms with van der Waals surface area (Å²) in [5.74, 6) is -0.317. The van der Waals surface area contributed by atoms with Gasteiger partial charge in [0.2, 0.25) is 10.0 Å². The number of nitrogens with zero attached hydrogens (tertiary/aromatic N) is 3. The van der Waals surface area contributed by atoms with Gasteiger partial charge in [0.25, 0.3) is 11.6 Å². The van der Waals surface area contributed by atoms with Crippen LogP contribution in [0.3, 0.4) is 0 Å². The minimum absolute atomic E-state index is 0.00354. The zero-order valence-electron chi connectivity index (χ0n) is 36.8. The fourth-order valence-corrected chi connectivity index (χ4v) is 8.93. The van der Waals surface area contributed by atoms with Gasteiger partial charge in [-0.15, -0.1) is 0 Å². The number of nitrogens with one attached hydrogen (secondary N) is 2. The number of carbonyl (C=O) groups is 1. The molecule has 2 N–H and O–H groups in total. The lowest BCUT2D eigenvalue weighted by molar-refractivity contribution is -0.384. The molecule has 67 heavy (non-hydrogen) atoms. The molecule has 0 amide bonds. The smallest absolute Gasteiger partial charge is 0.341 e. The van der Waals surface area contributed by atoms with Gasteiger partial charge in [-0.1, -0.05) is 24.3 Å². The second-order valence-corrected chi connectivity index (χ2v) is 17.7. The van der Waals surface area contributed by atoms with Crippen molar-refractivity contribution in [3.8, 4) is 34.6 Å². The van der Waals surface area contributed by atoms with E-state index in [9.17, 15) is 27.7 Å². The van der Waals surface area contributed by atoms with E-state index in [0.717, 1.165) is 18.2 Å². The van der Waals surface area contributed by atoms with Crippen LogP contribution < -0.4 is 29.0 Å². The Balaban J connectivity index is 1.05. The van der Waals surface area contributed by atoms with Gasteiger partial charge < -0.3 is 48.2 Å². The molecule has 352 valence electrons. The van der Waals surface area contributed by atoms with Gasteiger partial charge in [0.05, 0.1) is 70.3 Å². The fraction of sp³-hybridized carbons (Fsp3) is 0.319. The number of hydrogen-bond acceptors (Lipinski definition) is 15. The molecule has 6 aromatic rings. The number of carbonyl (C=O) groups excluding carboxylic acids is 1. The highest BCUT2D eigenvalue weighted by atomic mass is 32.2. The van der Waals surface area contributed by atoms with Crippen molar-refractivity contribution < 1.29 is 60.4 Å². The average Bonchev–Trinajstić information content (AvgIpc) is 3.95. The normalized spacial score (nSPS) is 16.9. The predicted octanol–water partition coefficient (Wildman–Crippen LogP) is 7.52. The summed E-state index contributed by atoms with van der Waals surface area (Å²) in [4.78, 5) is 31.9. The van der Waals surface area contributed by atoms with Crippen molar-refractivity contribution in [3.05, 3.63) is 130 Å². The van der Waals surface area contributed by atoms with Crippen LogP contribution in [0.15, 0.2) is 102 Å². The number of aromatic amines is 1. The SMILES string of the molecule is COC(=O)c1ccc(F)cc1Oc1cc2cc[nH]c2nc1OC[C@@H]1C[C@H]1COc1cc(S(=O)(=O)N(Cc2ccc(OC)cc2)Cc2ccc(OC)cc2)cc([N+](=O)[O-])c1NC[C@H]1COCCO1. The van der Waals surface area contributed by atoms with E-state index in [-0.39, 0.29) is 90.6 Å². The van der Waals surface area contributed by atoms with Crippen LogP contribution in [-0.2, 0) is 37.3 Å². The molecule has 20 heteroatoms. The number of methoxy groups -OCH3 is 3. The van der Waals surface area contributed by atoms with Gasteiger partial charge in [-0.05, 0) is 77.9 Å². The molecule has 3 heterocycles. The number of aromatic nitrogens is 2. The zero-order valence-corrected chi connectivity index (χ0v) is 37.6. The third kappa shape index (κ3) is 11.2. The van der Waals surface area contributed by atoms with Gasteiger partial charge in [0.1, 0.15) is 34.3 Å². The van der Waals surface area contributed by atoms with E-state index in [4.69, 9.17) is 37.9 Å². The molecule has 1 aliphatic carbocycles. The van der Waals surface area contributed by atoms with Crippen molar-refractivity contribution in [1.29, 1.82) is 0 Å². The quantitative estimate of drug-likeness (QED) is 0.0406. The van der Waals surface area contributed by atoms with Gasteiger partial charge >= 0.3 is 5.97 Å². The number of fused-ring (bicyclic) bond motifs is 1. The molecule has 3 atom stereocenters. The number of benzene rings is 4. The molecule has 0 unspecified atom stereocenters. The van der Waals surface area contributed by atoms with E-state index in [2.05, 4.69) is 15.3 Å². The number of halogens is 1. The first-order chi connectivity index (χ1) is 32.4. The van der Waals surface area contributed by atoms with Crippen LogP contribution in [0.1, 0.15) is 27.9 Å². The van der Waals surface area contributed by atoms with Crippen LogP contribution in [0.2, 0.25) is 0 Å². The van der Waals surface area contributed by atoms with Crippen LogP contribution in [-0.4, -0.2) is 101 Å². The predicted molar refractivity (Wildman–Crippen MR) is 241 cm³/mol. The Morgan fingerprint density at radius 3 is 2.19 bits per heavy atom. The second-order valence-electron chi connectivity index (χ2n) is 15.8. The number of anilines is 1. The summed E-state index contributed by atoms with van der Waals surface area (Å²) in [5, 5.41) is 16.6.